The summed E-state index contributed by atoms with van der Waals surface area (Å²) in [7, 11) is 1.57. The van der Waals surface area contributed by atoms with E-state index in [1.807, 2.05) is 23.1 Å². The maximum Gasteiger partial charge on any atom is 0.223 e. The summed E-state index contributed by atoms with van der Waals surface area (Å²) in [6.07, 6.45) is 4.09. The van der Waals surface area contributed by atoms with Gasteiger partial charge in [-0.3, -0.25) is 14.6 Å². The number of nitrogens with zero attached hydrogens (tertiary/aromatic N) is 6. The number of hydrogen-bond acceptors (Lipinski definition) is 10. The van der Waals surface area contributed by atoms with Gasteiger partial charge in [0, 0.05) is 90.0 Å². The van der Waals surface area contributed by atoms with Gasteiger partial charge in [0.25, 0.3) is 0 Å². The Hall–Kier alpha value is -2.99. The lowest BCUT2D eigenvalue weighted by atomic mass is 9.84. The van der Waals surface area contributed by atoms with Gasteiger partial charge in [0.05, 0.1) is 17.4 Å². The van der Waals surface area contributed by atoms with Gasteiger partial charge < -0.3 is 30.1 Å². The van der Waals surface area contributed by atoms with E-state index in [0.717, 1.165) is 96.1 Å². The number of anilines is 2. The Balaban J connectivity index is 0.965. The number of aromatic hydroxyl groups is 1. The molecule has 2 aromatic rings. The minimum Gasteiger partial charge on any atom is -0.507 e. The fraction of sp³-hybridized carbons (Fsp3) is 0.633. The first-order valence-electron chi connectivity index (χ1n) is 15.1. The van der Waals surface area contributed by atoms with E-state index in [2.05, 4.69) is 30.2 Å². The number of benzene rings is 1. The van der Waals surface area contributed by atoms with Crippen LogP contribution in [0.2, 0.25) is 0 Å². The Morgan fingerprint density at radius 2 is 1.83 bits per heavy atom. The largest absolute Gasteiger partial charge is 0.507 e. The molecule has 6 rings (SSSR count). The first-order chi connectivity index (χ1) is 20.0. The number of para-hydroxylation sites is 1. The number of nitrogens with one attached hydrogen (secondary N) is 1. The summed E-state index contributed by atoms with van der Waals surface area (Å²) in [4.78, 5) is 22.5. The van der Waals surface area contributed by atoms with Crippen LogP contribution in [0.4, 0.5) is 11.5 Å². The molecular weight excluding hydrogens is 522 g/mol. The molecule has 1 aromatic carbocycles. The van der Waals surface area contributed by atoms with Gasteiger partial charge in [-0.25, -0.2) is 0 Å². The SMILES string of the molecule is CO[C@H](O)C1CCC(N2CCN(C(=O)CCN3CCN4c5cc(-c6ccccc6O)nnc5NC[C@H]4C3)CC2)CC1. The van der Waals surface area contributed by atoms with Gasteiger partial charge in [0.15, 0.2) is 12.1 Å². The summed E-state index contributed by atoms with van der Waals surface area (Å²) >= 11 is 0. The molecule has 222 valence electrons. The molecule has 2 atom stereocenters. The predicted octanol–water partition coefficient (Wildman–Crippen LogP) is 1.82. The van der Waals surface area contributed by atoms with Crippen LogP contribution in [0.3, 0.4) is 0 Å². The number of phenolic OH excluding ortho intramolecular Hbond substituents is 1. The standard InChI is InChI=1S/C30H43N7O4/c1-41-30(40)21-6-8-22(9-7-21)35-13-15-36(16-14-35)28(39)10-11-34-12-17-37-23(20-34)19-31-29-26(37)18-25(32-33-29)24-4-2-3-5-27(24)38/h2-5,18,21-23,30,38,40H,6-17,19-20H2,1H3,(H,31,33)/t21?,22?,23-,30-/m0/s1. The molecule has 1 aliphatic carbocycles. The minimum atomic E-state index is -0.643. The second-order valence-corrected chi connectivity index (χ2v) is 11.9. The third-order valence-corrected chi connectivity index (χ3v) is 9.55. The van der Waals surface area contributed by atoms with Crippen LogP contribution in [-0.2, 0) is 9.53 Å². The van der Waals surface area contributed by atoms with Crippen molar-refractivity contribution in [3.05, 3.63) is 30.3 Å². The van der Waals surface area contributed by atoms with Gasteiger partial charge in [-0.1, -0.05) is 12.1 Å². The van der Waals surface area contributed by atoms with Crippen molar-refractivity contribution in [2.75, 3.05) is 76.2 Å². The van der Waals surface area contributed by atoms with Crippen LogP contribution in [0.15, 0.2) is 30.3 Å². The number of piperazine rings is 2. The monoisotopic (exact) mass is 565 g/mol. The molecule has 4 aliphatic rings. The van der Waals surface area contributed by atoms with Crippen LogP contribution in [-0.4, -0.2) is 125 Å². The summed E-state index contributed by atoms with van der Waals surface area (Å²) < 4.78 is 5.12. The zero-order valence-electron chi connectivity index (χ0n) is 24.0. The van der Waals surface area contributed by atoms with Crippen LogP contribution in [0.1, 0.15) is 32.1 Å². The van der Waals surface area contributed by atoms with Crippen LogP contribution < -0.4 is 10.2 Å². The number of ether oxygens (including phenoxy) is 1. The average molecular weight is 566 g/mol. The molecule has 1 aromatic heterocycles. The summed E-state index contributed by atoms with van der Waals surface area (Å²) in [5.74, 6) is 1.48. The van der Waals surface area contributed by atoms with Crippen LogP contribution in [0.5, 0.6) is 5.75 Å². The highest BCUT2D eigenvalue weighted by molar-refractivity contribution is 5.77. The number of hydrogen-bond donors (Lipinski definition) is 3. The van der Waals surface area contributed by atoms with Gasteiger partial charge in [-0.05, 0) is 43.9 Å². The lowest BCUT2D eigenvalue weighted by Crippen LogP contribution is -2.58. The summed E-state index contributed by atoms with van der Waals surface area (Å²) in [6.45, 7) is 7.69. The van der Waals surface area contributed by atoms with Crippen LogP contribution >= 0.6 is 0 Å². The average Bonchev–Trinajstić information content (AvgIpc) is 3.03. The second kappa shape index (κ2) is 12.5. The summed E-state index contributed by atoms with van der Waals surface area (Å²) in [6, 6.07) is 10.1. The highest BCUT2D eigenvalue weighted by atomic mass is 16.6. The first kappa shape index (κ1) is 28.1. The van der Waals surface area contributed by atoms with Crippen molar-refractivity contribution in [3.8, 4) is 17.0 Å². The number of amides is 1. The van der Waals surface area contributed by atoms with Gasteiger partial charge in [-0.15, -0.1) is 10.2 Å². The van der Waals surface area contributed by atoms with E-state index in [0.29, 0.717) is 23.7 Å². The number of carbonyl (C=O) groups excluding carboxylic acids is 1. The maximum absolute atomic E-state index is 13.1. The number of methoxy groups -OCH3 is 1. The fourth-order valence-electron chi connectivity index (χ4n) is 7.07. The molecule has 0 unspecified atom stereocenters. The fourth-order valence-corrected chi connectivity index (χ4v) is 7.07. The Morgan fingerprint density at radius 3 is 2.59 bits per heavy atom. The van der Waals surface area contributed by atoms with Gasteiger partial charge in [0.2, 0.25) is 5.91 Å². The van der Waals surface area contributed by atoms with Crippen molar-refractivity contribution in [1.82, 2.24) is 24.9 Å². The minimum absolute atomic E-state index is 0.198. The topological polar surface area (TPSA) is 118 Å². The van der Waals surface area contributed by atoms with E-state index < -0.39 is 6.29 Å². The molecule has 3 aliphatic heterocycles. The smallest absolute Gasteiger partial charge is 0.223 e. The van der Waals surface area contributed by atoms with Gasteiger partial charge >= 0.3 is 0 Å². The number of phenols is 1. The van der Waals surface area contributed by atoms with Gasteiger partial charge in [-0.2, -0.15) is 0 Å². The van der Waals surface area contributed by atoms with Crippen LogP contribution in [0.25, 0.3) is 11.3 Å². The molecule has 0 spiro atoms. The highest BCUT2D eigenvalue weighted by Crippen LogP contribution is 2.36. The third kappa shape index (κ3) is 6.13. The molecule has 11 heteroatoms. The number of carbonyl (C=O) groups is 1. The Labute approximate surface area is 242 Å². The number of aliphatic hydroxyl groups excluding tert-OH is 1. The molecule has 4 heterocycles. The molecule has 1 amide bonds. The van der Waals surface area contributed by atoms with E-state index in [1.54, 1.807) is 19.2 Å². The zero-order chi connectivity index (χ0) is 28.3. The quantitative estimate of drug-likeness (QED) is 0.429. The lowest BCUT2D eigenvalue weighted by molar-refractivity contribution is -0.135. The second-order valence-electron chi connectivity index (χ2n) is 11.9. The van der Waals surface area contributed by atoms with Crippen molar-refractivity contribution >= 4 is 17.4 Å². The number of aliphatic hydroxyl groups is 1. The maximum atomic E-state index is 13.1. The zero-order valence-corrected chi connectivity index (χ0v) is 24.0. The van der Waals surface area contributed by atoms with E-state index in [-0.39, 0.29) is 23.6 Å². The predicted molar refractivity (Wildman–Crippen MR) is 157 cm³/mol. The number of rotatable bonds is 7. The van der Waals surface area contributed by atoms with Crippen molar-refractivity contribution in [2.24, 2.45) is 5.92 Å². The van der Waals surface area contributed by atoms with E-state index in [4.69, 9.17) is 4.74 Å². The van der Waals surface area contributed by atoms with E-state index in [1.165, 1.54) is 0 Å². The van der Waals surface area contributed by atoms with Gasteiger partial charge in [0.1, 0.15) is 5.75 Å². The Bertz CT molecular complexity index is 1200. The normalized spacial score (nSPS) is 26.1. The van der Waals surface area contributed by atoms with Crippen molar-refractivity contribution < 1.29 is 19.7 Å². The highest BCUT2D eigenvalue weighted by Gasteiger charge is 2.34. The molecule has 11 nitrogen and oxygen atoms in total. The molecule has 0 radical (unpaired) electrons. The molecular formula is C30H43N7O4. The molecule has 0 bridgehead atoms. The molecule has 1 saturated carbocycles. The van der Waals surface area contributed by atoms with E-state index in [9.17, 15) is 15.0 Å². The number of fused-ring (bicyclic) bond motifs is 3. The van der Waals surface area contributed by atoms with Crippen molar-refractivity contribution in [2.45, 2.75) is 50.5 Å². The third-order valence-electron chi connectivity index (χ3n) is 9.55. The first-order valence-corrected chi connectivity index (χ1v) is 15.1. The molecule has 2 saturated heterocycles. The van der Waals surface area contributed by atoms with Crippen LogP contribution in [0, 0.1) is 5.92 Å². The Morgan fingerprint density at radius 1 is 1.05 bits per heavy atom. The molecule has 3 fully saturated rings. The lowest BCUT2D eigenvalue weighted by Gasteiger charge is -2.46. The van der Waals surface area contributed by atoms with Crippen molar-refractivity contribution in [3.63, 3.8) is 0 Å². The summed E-state index contributed by atoms with van der Waals surface area (Å²) in [5, 5.41) is 32.4. The molecule has 41 heavy (non-hydrogen) atoms. The molecule has 3 N–H and O–H groups in total. The Kier molecular flexibility index (Phi) is 8.57. The summed E-state index contributed by atoms with van der Waals surface area (Å²) in [5.41, 5.74) is 2.36. The van der Waals surface area contributed by atoms with Crippen molar-refractivity contribution in [1.29, 1.82) is 0 Å². The number of aromatic nitrogens is 2. The van der Waals surface area contributed by atoms with E-state index >= 15 is 0 Å².